The van der Waals surface area contributed by atoms with Gasteiger partial charge in [0.25, 0.3) is 0 Å². The summed E-state index contributed by atoms with van der Waals surface area (Å²) in [6.45, 7) is 3.36. The summed E-state index contributed by atoms with van der Waals surface area (Å²) in [5, 5.41) is 3.08. The van der Waals surface area contributed by atoms with E-state index in [1.807, 2.05) is 44.1 Å². The van der Waals surface area contributed by atoms with E-state index < -0.39 is 10.0 Å². The van der Waals surface area contributed by atoms with Crippen LogP contribution in [0.5, 0.6) is 0 Å². The zero-order valence-corrected chi connectivity index (χ0v) is 12.6. The Balaban J connectivity index is 2.60. The molecule has 0 saturated carbocycles. The normalized spacial score (nSPS) is 11.3. The highest BCUT2D eigenvalue weighted by atomic mass is 32.2. The van der Waals surface area contributed by atoms with Crippen molar-refractivity contribution in [1.82, 2.24) is 5.32 Å². The van der Waals surface area contributed by atoms with Crippen LogP contribution < -0.4 is 14.9 Å². The molecule has 0 amide bonds. The summed E-state index contributed by atoms with van der Waals surface area (Å²) in [7, 11) is 0.549. The van der Waals surface area contributed by atoms with Gasteiger partial charge in [-0.15, -0.1) is 0 Å². The lowest BCUT2D eigenvalue weighted by Gasteiger charge is -2.14. The topological polar surface area (TPSA) is 61.4 Å². The number of rotatable bonds is 8. The molecule has 0 aliphatic heterocycles. The van der Waals surface area contributed by atoms with Crippen molar-refractivity contribution in [2.45, 2.75) is 13.3 Å². The lowest BCUT2D eigenvalue weighted by molar-refractivity contribution is 0.595. The van der Waals surface area contributed by atoms with E-state index in [-0.39, 0.29) is 5.75 Å². The zero-order valence-electron chi connectivity index (χ0n) is 11.8. The first-order valence-electron chi connectivity index (χ1n) is 6.43. The SMILES string of the molecule is CCCNCCS(=O)(=O)Nc1cccc(N(C)C)c1. The van der Waals surface area contributed by atoms with Crippen molar-refractivity contribution in [3.05, 3.63) is 24.3 Å². The highest BCUT2D eigenvalue weighted by Crippen LogP contribution is 2.18. The summed E-state index contributed by atoms with van der Waals surface area (Å²) in [5.74, 6) is 0.0825. The molecule has 0 radical (unpaired) electrons. The average molecular weight is 285 g/mol. The van der Waals surface area contributed by atoms with E-state index >= 15 is 0 Å². The maximum Gasteiger partial charge on any atom is 0.233 e. The summed E-state index contributed by atoms with van der Waals surface area (Å²) in [4.78, 5) is 1.93. The largest absolute Gasteiger partial charge is 0.378 e. The molecule has 1 aromatic carbocycles. The Morgan fingerprint density at radius 2 is 1.95 bits per heavy atom. The van der Waals surface area contributed by atoms with Crippen LogP contribution in [0.15, 0.2) is 24.3 Å². The molecule has 0 aliphatic carbocycles. The number of nitrogens with zero attached hydrogens (tertiary/aromatic N) is 1. The molecule has 1 rings (SSSR count). The summed E-state index contributed by atoms with van der Waals surface area (Å²) in [6, 6.07) is 7.34. The molecular weight excluding hydrogens is 262 g/mol. The fourth-order valence-electron chi connectivity index (χ4n) is 1.59. The van der Waals surface area contributed by atoms with Crippen LogP contribution in [0.2, 0.25) is 0 Å². The fourth-order valence-corrected chi connectivity index (χ4v) is 2.59. The van der Waals surface area contributed by atoms with E-state index in [1.54, 1.807) is 6.07 Å². The standard InChI is InChI=1S/C13H23N3O2S/c1-4-8-14-9-10-19(17,18)15-12-6-5-7-13(11-12)16(2)3/h5-7,11,14-15H,4,8-10H2,1-3H3. The lowest BCUT2D eigenvalue weighted by Crippen LogP contribution is -2.27. The van der Waals surface area contributed by atoms with Crippen LogP contribution in [0.1, 0.15) is 13.3 Å². The summed E-state index contributed by atoms with van der Waals surface area (Å²) >= 11 is 0. The van der Waals surface area contributed by atoms with Crippen molar-refractivity contribution in [1.29, 1.82) is 0 Å². The molecule has 0 heterocycles. The highest BCUT2D eigenvalue weighted by molar-refractivity contribution is 7.92. The Morgan fingerprint density at radius 1 is 1.21 bits per heavy atom. The van der Waals surface area contributed by atoms with Crippen LogP contribution in [-0.4, -0.2) is 41.4 Å². The molecule has 19 heavy (non-hydrogen) atoms. The van der Waals surface area contributed by atoms with Crippen molar-refractivity contribution in [3.63, 3.8) is 0 Å². The first-order chi connectivity index (χ1) is 8.94. The monoisotopic (exact) mass is 285 g/mol. The molecule has 0 fully saturated rings. The van der Waals surface area contributed by atoms with Gasteiger partial charge in [0.15, 0.2) is 0 Å². The van der Waals surface area contributed by atoms with Crippen molar-refractivity contribution >= 4 is 21.4 Å². The average Bonchev–Trinajstić information content (AvgIpc) is 2.34. The van der Waals surface area contributed by atoms with Gasteiger partial charge in [-0.3, -0.25) is 4.72 Å². The molecule has 0 aromatic heterocycles. The molecule has 6 heteroatoms. The number of benzene rings is 1. The third-order valence-electron chi connectivity index (χ3n) is 2.61. The molecule has 0 aliphatic rings. The molecule has 0 atom stereocenters. The van der Waals surface area contributed by atoms with Gasteiger partial charge >= 0.3 is 0 Å². The second-order valence-electron chi connectivity index (χ2n) is 4.62. The Hall–Kier alpha value is -1.27. The van der Waals surface area contributed by atoms with Crippen LogP contribution in [0.4, 0.5) is 11.4 Å². The third-order valence-corrected chi connectivity index (χ3v) is 3.90. The Morgan fingerprint density at radius 3 is 2.58 bits per heavy atom. The van der Waals surface area contributed by atoms with Crippen molar-refractivity contribution in [2.24, 2.45) is 0 Å². The third kappa shape index (κ3) is 5.94. The minimum atomic E-state index is -3.29. The number of anilines is 2. The van der Waals surface area contributed by atoms with E-state index in [0.717, 1.165) is 18.7 Å². The molecule has 108 valence electrons. The Bertz CT molecular complexity index is 486. The van der Waals surface area contributed by atoms with Gasteiger partial charge in [0, 0.05) is 26.3 Å². The quantitative estimate of drug-likeness (QED) is 0.711. The van der Waals surface area contributed by atoms with Gasteiger partial charge in [-0.25, -0.2) is 8.42 Å². The van der Waals surface area contributed by atoms with Crippen molar-refractivity contribution in [2.75, 3.05) is 42.6 Å². The molecule has 0 spiro atoms. The number of hydrogen-bond acceptors (Lipinski definition) is 4. The fraction of sp³-hybridized carbons (Fsp3) is 0.538. The number of sulfonamides is 1. The summed E-state index contributed by atoms with van der Waals surface area (Å²) in [6.07, 6.45) is 0.998. The van der Waals surface area contributed by atoms with Gasteiger partial charge in [-0.05, 0) is 31.2 Å². The minimum Gasteiger partial charge on any atom is -0.378 e. The van der Waals surface area contributed by atoms with Gasteiger partial charge in [0.05, 0.1) is 11.4 Å². The first kappa shape index (κ1) is 15.8. The predicted molar refractivity (Wildman–Crippen MR) is 81.3 cm³/mol. The van der Waals surface area contributed by atoms with Crippen LogP contribution >= 0.6 is 0 Å². The van der Waals surface area contributed by atoms with Crippen molar-refractivity contribution < 1.29 is 8.42 Å². The second-order valence-corrected chi connectivity index (χ2v) is 6.46. The summed E-state index contributed by atoms with van der Waals surface area (Å²) in [5.41, 5.74) is 1.56. The smallest absolute Gasteiger partial charge is 0.233 e. The second kappa shape index (κ2) is 7.35. The maximum absolute atomic E-state index is 11.9. The van der Waals surface area contributed by atoms with Crippen LogP contribution in [0, 0.1) is 0 Å². The first-order valence-corrected chi connectivity index (χ1v) is 8.08. The number of nitrogens with one attached hydrogen (secondary N) is 2. The van der Waals surface area contributed by atoms with Gasteiger partial charge in [-0.2, -0.15) is 0 Å². The van der Waals surface area contributed by atoms with E-state index in [2.05, 4.69) is 10.0 Å². The molecule has 1 aromatic rings. The highest BCUT2D eigenvalue weighted by Gasteiger charge is 2.10. The summed E-state index contributed by atoms with van der Waals surface area (Å²) < 4.78 is 26.4. The predicted octanol–water partition coefficient (Wildman–Crippen LogP) is 1.49. The van der Waals surface area contributed by atoms with Crippen LogP contribution in [0.3, 0.4) is 0 Å². The lowest BCUT2D eigenvalue weighted by atomic mass is 10.3. The zero-order chi connectivity index (χ0) is 14.3. The van der Waals surface area contributed by atoms with Crippen LogP contribution in [-0.2, 0) is 10.0 Å². The minimum absolute atomic E-state index is 0.0825. The molecular formula is C13H23N3O2S. The number of hydrogen-bond donors (Lipinski definition) is 2. The molecule has 0 saturated heterocycles. The molecule has 0 unspecified atom stereocenters. The molecule has 5 nitrogen and oxygen atoms in total. The van der Waals surface area contributed by atoms with E-state index in [0.29, 0.717) is 12.2 Å². The molecule has 2 N–H and O–H groups in total. The molecule has 0 bridgehead atoms. The van der Waals surface area contributed by atoms with Crippen LogP contribution in [0.25, 0.3) is 0 Å². The maximum atomic E-state index is 11.9. The van der Waals surface area contributed by atoms with Gasteiger partial charge in [0.1, 0.15) is 0 Å². The van der Waals surface area contributed by atoms with Gasteiger partial charge < -0.3 is 10.2 Å². The van der Waals surface area contributed by atoms with E-state index in [9.17, 15) is 8.42 Å². The van der Waals surface area contributed by atoms with Gasteiger partial charge in [-0.1, -0.05) is 13.0 Å². The van der Waals surface area contributed by atoms with Crippen molar-refractivity contribution in [3.8, 4) is 0 Å². The Labute approximate surface area is 116 Å². The van der Waals surface area contributed by atoms with E-state index in [4.69, 9.17) is 0 Å². The van der Waals surface area contributed by atoms with E-state index in [1.165, 1.54) is 0 Å². The Kier molecular flexibility index (Phi) is 6.11. The van der Waals surface area contributed by atoms with Gasteiger partial charge in [0.2, 0.25) is 10.0 Å².